The van der Waals surface area contributed by atoms with Crippen LogP contribution in [-0.2, 0) is 6.54 Å². The average molecular weight is 314 g/mol. The third-order valence-electron chi connectivity index (χ3n) is 3.49. The summed E-state index contributed by atoms with van der Waals surface area (Å²) in [4.78, 5) is 12.1. The SMILES string of the molecule is COc1ccc(C)cc1NC(=O)NCc1ccc2c(c1)OCO2. The highest BCUT2D eigenvalue weighted by molar-refractivity contribution is 5.91. The zero-order valence-corrected chi connectivity index (χ0v) is 13.0. The van der Waals surface area contributed by atoms with Crippen molar-refractivity contribution in [2.45, 2.75) is 13.5 Å². The fourth-order valence-electron chi connectivity index (χ4n) is 2.32. The van der Waals surface area contributed by atoms with E-state index in [1.54, 1.807) is 7.11 Å². The molecule has 0 aliphatic carbocycles. The molecule has 3 rings (SSSR count). The van der Waals surface area contributed by atoms with Crippen LogP contribution in [0.1, 0.15) is 11.1 Å². The van der Waals surface area contributed by atoms with Crippen molar-refractivity contribution in [3.8, 4) is 17.2 Å². The van der Waals surface area contributed by atoms with Crippen LogP contribution in [0.4, 0.5) is 10.5 Å². The van der Waals surface area contributed by atoms with Crippen molar-refractivity contribution in [3.63, 3.8) is 0 Å². The van der Waals surface area contributed by atoms with E-state index in [9.17, 15) is 4.79 Å². The Labute approximate surface area is 134 Å². The fraction of sp³-hybridized carbons (Fsp3) is 0.235. The van der Waals surface area contributed by atoms with Gasteiger partial charge in [0, 0.05) is 6.54 Å². The first-order valence-corrected chi connectivity index (χ1v) is 7.24. The molecular formula is C17H18N2O4. The first-order chi connectivity index (χ1) is 11.2. The number of aryl methyl sites for hydroxylation is 1. The number of fused-ring (bicyclic) bond motifs is 1. The Morgan fingerprint density at radius 1 is 1.17 bits per heavy atom. The van der Waals surface area contributed by atoms with Gasteiger partial charge in [-0.3, -0.25) is 0 Å². The first kappa shape index (κ1) is 15.0. The molecule has 0 radical (unpaired) electrons. The standard InChI is InChI=1S/C17H18N2O4/c1-11-3-5-14(21-2)13(7-11)19-17(20)18-9-12-4-6-15-16(8-12)23-10-22-15/h3-8H,9-10H2,1-2H3,(H2,18,19,20). The number of carbonyl (C=O) groups excluding carboxylic acids is 1. The molecule has 0 saturated heterocycles. The molecule has 2 aromatic carbocycles. The summed E-state index contributed by atoms with van der Waals surface area (Å²) in [6.45, 7) is 2.57. The van der Waals surface area contributed by atoms with Gasteiger partial charge in [-0.05, 0) is 42.3 Å². The minimum atomic E-state index is -0.299. The fourth-order valence-corrected chi connectivity index (χ4v) is 2.32. The van der Waals surface area contributed by atoms with E-state index < -0.39 is 0 Å². The number of nitrogens with one attached hydrogen (secondary N) is 2. The monoisotopic (exact) mass is 314 g/mol. The highest BCUT2D eigenvalue weighted by atomic mass is 16.7. The molecule has 0 aromatic heterocycles. The number of urea groups is 1. The van der Waals surface area contributed by atoms with Crippen LogP contribution in [0.25, 0.3) is 0 Å². The van der Waals surface area contributed by atoms with Crippen molar-refractivity contribution in [2.24, 2.45) is 0 Å². The number of rotatable bonds is 4. The number of anilines is 1. The number of carbonyl (C=O) groups is 1. The third-order valence-corrected chi connectivity index (χ3v) is 3.49. The van der Waals surface area contributed by atoms with Crippen molar-refractivity contribution in [1.29, 1.82) is 0 Å². The molecule has 0 spiro atoms. The number of methoxy groups -OCH3 is 1. The summed E-state index contributed by atoms with van der Waals surface area (Å²) in [5, 5.41) is 5.60. The molecule has 0 atom stereocenters. The van der Waals surface area contributed by atoms with Crippen LogP contribution < -0.4 is 24.8 Å². The molecule has 2 N–H and O–H groups in total. The zero-order chi connectivity index (χ0) is 16.2. The molecular weight excluding hydrogens is 296 g/mol. The summed E-state index contributed by atoms with van der Waals surface area (Å²) < 4.78 is 15.8. The second kappa shape index (κ2) is 6.48. The predicted octanol–water partition coefficient (Wildman–Crippen LogP) is 3.05. The molecule has 1 heterocycles. The number of benzene rings is 2. The smallest absolute Gasteiger partial charge is 0.319 e. The van der Waals surface area contributed by atoms with Crippen LogP contribution >= 0.6 is 0 Å². The summed E-state index contributed by atoms with van der Waals surface area (Å²) in [6.07, 6.45) is 0. The molecule has 1 aliphatic heterocycles. The van der Waals surface area contributed by atoms with Crippen LogP contribution in [0.5, 0.6) is 17.2 Å². The highest BCUT2D eigenvalue weighted by Gasteiger charge is 2.13. The average Bonchev–Trinajstić information content (AvgIpc) is 3.01. The molecule has 23 heavy (non-hydrogen) atoms. The number of ether oxygens (including phenoxy) is 3. The van der Waals surface area contributed by atoms with Crippen molar-refractivity contribution in [3.05, 3.63) is 47.5 Å². The van der Waals surface area contributed by atoms with Crippen LogP contribution in [-0.4, -0.2) is 19.9 Å². The van der Waals surface area contributed by atoms with E-state index >= 15 is 0 Å². The van der Waals surface area contributed by atoms with Gasteiger partial charge in [-0.1, -0.05) is 12.1 Å². The summed E-state index contributed by atoms with van der Waals surface area (Å²) >= 11 is 0. The second-order valence-electron chi connectivity index (χ2n) is 5.20. The maximum atomic E-state index is 12.1. The second-order valence-corrected chi connectivity index (χ2v) is 5.20. The summed E-state index contributed by atoms with van der Waals surface area (Å²) in [5.41, 5.74) is 2.60. The maximum Gasteiger partial charge on any atom is 0.319 e. The summed E-state index contributed by atoms with van der Waals surface area (Å²) in [7, 11) is 1.57. The molecule has 2 amide bonds. The van der Waals surface area contributed by atoms with Crippen LogP contribution in [0.2, 0.25) is 0 Å². The van der Waals surface area contributed by atoms with Crippen LogP contribution in [0.3, 0.4) is 0 Å². The van der Waals surface area contributed by atoms with Gasteiger partial charge in [-0.15, -0.1) is 0 Å². The van der Waals surface area contributed by atoms with Gasteiger partial charge >= 0.3 is 6.03 Å². The van der Waals surface area contributed by atoms with E-state index in [0.29, 0.717) is 23.7 Å². The molecule has 6 nitrogen and oxygen atoms in total. The van der Waals surface area contributed by atoms with Gasteiger partial charge < -0.3 is 24.8 Å². The van der Waals surface area contributed by atoms with E-state index in [0.717, 1.165) is 16.9 Å². The molecule has 0 fully saturated rings. The third kappa shape index (κ3) is 3.48. The minimum absolute atomic E-state index is 0.236. The molecule has 1 aliphatic rings. The van der Waals surface area contributed by atoms with Crippen molar-refractivity contribution in [1.82, 2.24) is 5.32 Å². The predicted molar refractivity (Wildman–Crippen MR) is 86.2 cm³/mol. The summed E-state index contributed by atoms with van der Waals surface area (Å²) in [5.74, 6) is 2.04. The van der Waals surface area contributed by atoms with Crippen molar-refractivity contribution >= 4 is 11.7 Å². The molecule has 0 saturated carbocycles. The normalized spacial score (nSPS) is 11.9. The first-order valence-electron chi connectivity index (χ1n) is 7.24. The molecule has 120 valence electrons. The van der Waals surface area contributed by atoms with Gasteiger partial charge in [0.25, 0.3) is 0 Å². The number of hydrogen-bond donors (Lipinski definition) is 2. The molecule has 0 unspecified atom stereocenters. The molecule has 2 aromatic rings. The molecule has 6 heteroatoms. The topological polar surface area (TPSA) is 68.8 Å². The van der Waals surface area contributed by atoms with Gasteiger partial charge in [0.2, 0.25) is 6.79 Å². The quantitative estimate of drug-likeness (QED) is 0.910. The van der Waals surface area contributed by atoms with E-state index in [2.05, 4.69) is 10.6 Å². The van der Waals surface area contributed by atoms with E-state index in [1.807, 2.05) is 43.3 Å². The van der Waals surface area contributed by atoms with Crippen LogP contribution in [0.15, 0.2) is 36.4 Å². The minimum Gasteiger partial charge on any atom is -0.495 e. The Kier molecular flexibility index (Phi) is 4.23. The van der Waals surface area contributed by atoms with E-state index in [-0.39, 0.29) is 12.8 Å². The van der Waals surface area contributed by atoms with E-state index in [4.69, 9.17) is 14.2 Å². The zero-order valence-electron chi connectivity index (χ0n) is 13.0. The van der Waals surface area contributed by atoms with Gasteiger partial charge in [0.05, 0.1) is 12.8 Å². The van der Waals surface area contributed by atoms with E-state index in [1.165, 1.54) is 0 Å². The maximum absolute atomic E-state index is 12.1. The van der Waals surface area contributed by atoms with Crippen LogP contribution in [0, 0.1) is 6.92 Å². The Bertz CT molecular complexity index is 731. The highest BCUT2D eigenvalue weighted by Crippen LogP contribution is 2.32. The van der Waals surface area contributed by atoms with Gasteiger partial charge in [0.1, 0.15) is 5.75 Å². The lowest BCUT2D eigenvalue weighted by atomic mass is 10.2. The molecule has 0 bridgehead atoms. The number of amides is 2. The Hall–Kier alpha value is -2.89. The Balaban J connectivity index is 1.61. The van der Waals surface area contributed by atoms with Gasteiger partial charge in [-0.25, -0.2) is 4.79 Å². The number of hydrogen-bond acceptors (Lipinski definition) is 4. The summed E-state index contributed by atoms with van der Waals surface area (Å²) in [6, 6.07) is 10.9. The van der Waals surface area contributed by atoms with Gasteiger partial charge in [-0.2, -0.15) is 0 Å². The van der Waals surface area contributed by atoms with Crippen molar-refractivity contribution < 1.29 is 19.0 Å². The van der Waals surface area contributed by atoms with Gasteiger partial charge in [0.15, 0.2) is 11.5 Å². The Morgan fingerprint density at radius 2 is 2.00 bits per heavy atom. The van der Waals surface area contributed by atoms with Crippen molar-refractivity contribution in [2.75, 3.05) is 19.2 Å². The lowest BCUT2D eigenvalue weighted by Crippen LogP contribution is -2.28. The lowest BCUT2D eigenvalue weighted by molar-refractivity contribution is 0.174. The largest absolute Gasteiger partial charge is 0.495 e. The lowest BCUT2D eigenvalue weighted by Gasteiger charge is -2.12. The Morgan fingerprint density at radius 3 is 2.83 bits per heavy atom.